The highest BCUT2D eigenvalue weighted by Crippen LogP contribution is 2.09. The molecule has 1 heterocycles. The first kappa shape index (κ1) is 8.62. The number of aromatic nitrogens is 2. The van der Waals surface area contributed by atoms with E-state index in [1.807, 2.05) is 0 Å². The van der Waals surface area contributed by atoms with E-state index in [2.05, 4.69) is 40.0 Å². The summed E-state index contributed by atoms with van der Waals surface area (Å²) in [5, 5.41) is 4.96. The van der Waals surface area contributed by atoms with Gasteiger partial charge in [-0.3, -0.25) is 0 Å². The molecule has 0 radical (unpaired) electrons. The fourth-order valence-corrected chi connectivity index (χ4v) is 0.773. The summed E-state index contributed by atoms with van der Waals surface area (Å²) in [5.74, 6) is 0.146. The predicted molar refractivity (Wildman–Crippen MR) is 45.7 cm³/mol. The molecule has 0 aliphatic rings. The first-order valence-corrected chi connectivity index (χ1v) is 4.00. The highest BCUT2D eigenvalue weighted by Gasteiger charge is 2.09. The molecule has 0 aliphatic carbocycles. The van der Waals surface area contributed by atoms with Gasteiger partial charge < -0.3 is 4.74 Å². The predicted octanol–water partition coefficient (Wildman–Crippen LogP) is 1.03. The van der Waals surface area contributed by atoms with Crippen LogP contribution in [0.2, 0.25) is 0 Å². The lowest BCUT2D eigenvalue weighted by Gasteiger charge is -2.04. The van der Waals surface area contributed by atoms with Crippen LogP contribution in [0.25, 0.3) is 0 Å². The maximum absolute atomic E-state index is 10.7. The molecule has 8 heteroatoms. The summed E-state index contributed by atoms with van der Waals surface area (Å²) in [6.45, 7) is 0. The van der Waals surface area contributed by atoms with Gasteiger partial charge in [-0.25, -0.2) is 4.79 Å². The number of hydrogen-bond acceptors (Lipinski definition) is 7. The third-order valence-corrected chi connectivity index (χ3v) is 1.50. The minimum Gasteiger partial charge on any atom is -0.387 e. The second kappa shape index (κ2) is 3.79. The zero-order valence-electron chi connectivity index (χ0n) is 5.04. The van der Waals surface area contributed by atoms with Gasteiger partial charge in [-0.1, -0.05) is 9.59 Å². The molecule has 0 aliphatic heterocycles. The van der Waals surface area contributed by atoms with Crippen LogP contribution in [0.15, 0.2) is 5.38 Å². The van der Waals surface area contributed by atoms with Crippen LogP contribution < -0.4 is 4.74 Å². The Morgan fingerprint density at radius 3 is 2.91 bits per heavy atom. The van der Waals surface area contributed by atoms with Gasteiger partial charge >= 0.3 is 6.09 Å². The van der Waals surface area contributed by atoms with E-state index >= 15 is 0 Å². The molecule has 0 bridgehead atoms. The summed E-state index contributed by atoms with van der Waals surface area (Å²) >= 11 is 8.25. The van der Waals surface area contributed by atoms with Crippen molar-refractivity contribution in [3.05, 3.63) is 5.38 Å². The molecule has 1 amide bonds. The third kappa shape index (κ3) is 2.56. The molecule has 11 heavy (non-hydrogen) atoms. The number of ether oxygens (including phenoxy) is 1. The standard InChI is InChI=1S/C3H3N3O2S3/c7-3(6(9)10)8-2-1-11-5-4-2/h1,9-10H. The van der Waals surface area contributed by atoms with Crippen molar-refractivity contribution in [1.82, 2.24) is 13.3 Å². The topological polar surface area (TPSA) is 55.3 Å². The van der Waals surface area contributed by atoms with E-state index in [1.165, 1.54) is 5.38 Å². The van der Waals surface area contributed by atoms with Gasteiger partial charge in [0.1, 0.15) is 0 Å². The number of thiol groups is 2. The zero-order valence-corrected chi connectivity index (χ0v) is 7.64. The molecule has 1 aromatic heterocycles. The van der Waals surface area contributed by atoms with Gasteiger partial charge in [0.2, 0.25) is 0 Å². The molecule has 0 N–H and O–H groups in total. The number of carbonyl (C=O) groups excluding carboxylic acids is 1. The quantitative estimate of drug-likeness (QED) is 0.678. The van der Waals surface area contributed by atoms with Crippen molar-refractivity contribution in [3.63, 3.8) is 0 Å². The molecule has 0 saturated heterocycles. The van der Waals surface area contributed by atoms with Crippen molar-refractivity contribution < 1.29 is 9.53 Å². The second-order valence-electron chi connectivity index (χ2n) is 1.40. The van der Waals surface area contributed by atoms with E-state index in [4.69, 9.17) is 0 Å². The van der Waals surface area contributed by atoms with Crippen LogP contribution >= 0.6 is 37.2 Å². The molecule has 1 aromatic rings. The van der Waals surface area contributed by atoms with E-state index in [0.29, 0.717) is 3.71 Å². The summed E-state index contributed by atoms with van der Waals surface area (Å²) in [7, 11) is 0. The molecule has 0 atom stereocenters. The van der Waals surface area contributed by atoms with E-state index in [-0.39, 0.29) is 5.88 Å². The Balaban J connectivity index is 2.50. The molecule has 60 valence electrons. The third-order valence-electron chi connectivity index (χ3n) is 0.695. The van der Waals surface area contributed by atoms with E-state index in [9.17, 15) is 4.79 Å². The summed E-state index contributed by atoms with van der Waals surface area (Å²) in [6, 6.07) is 0. The Labute approximate surface area is 77.6 Å². The maximum Gasteiger partial charge on any atom is 0.436 e. The maximum atomic E-state index is 10.7. The van der Waals surface area contributed by atoms with E-state index in [0.717, 1.165) is 11.5 Å². The first-order chi connectivity index (χ1) is 5.20. The smallest absolute Gasteiger partial charge is 0.387 e. The SMILES string of the molecule is O=C(Oc1csnn1)N(S)S. The second-order valence-corrected chi connectivity index (χ2v) is 3.13. The van der Waals surface area contributed by atoms with Gasteiger partial charge in [-0.05, 0) is 37.2 Å². The lowest BCUT2D eigenvalue weighted by Crippen LogP contribution is -2.16. The van der Waals surface area contributed by atoms with Crippen molar-refractivity contribution in [3.8, 4) is 5.88 Å². The van der Waals surface area contributed by atoms with Gasteiger partial charge in [-0.15, -0.1) is 0 Å². The van der Waals surface area contributed by atoms with Crippen molar-refractivity contribution >= 4 is 43.3 Å². The Bertz CT molecular complexity index is 236. The zero-order chi connectivity index (χ0) is 8.27. The van der Waals surface area contributed by atoms with Crippen LogP contribution in [0, 0.1) is 0 Å². The number of hydrogen-bond donors (Lipinski definition) is 2. The molecular formula is C3H3N3O2S3. The molecule has 0 unspecified atom stereocenters. The Hall–Kier alpha value is -0.470. The summed E-state index contributed by atoms with van der Waals surface area (Å²) < 4.78 is 8.78. The minimum absolute atomic E-state index is 0.146. The largest absolute Gasteiger partial charge is 0.436 e. The Morgan fingerprint density at radius 1 is 1.73 bits per heavy atom. The van der Waals surface area contributed by atoms with Gasteiger partial charge in [0.05, 0.1) is 5.38 Å². The summed E-state index contributed by atoms with van der Waals surface area (Å²) in [5.41, 5.74) is 0. The molecular weight excluding hydrogens is 206 g/mol. The van der Waals surface area contributed by atoms with Crippen LogP contribution in [0.5, 0.6) is 5.88 Å². The molecule has 0 spiro atoms. The fourth-order valence-electron chi connectivity index (χ4n) is 0.331. The van der Waals surface area contributed by atoms with E-state index in [1.54, 1.807) is 0 Å². The van der Waals surface area contributed by atoms with Crippen LogP contribution in [0.1, 0.15) is 0 Å². The van der Waals surface area contributed by atoms with Crippen molar-refractivity contribution in [2.45, 2.75) is 0 Å². The average Bonchev–Trinajstić information content (AvgIpc) is 2.39. The van der Waals surface area contributed by atoms with Gasteiger partial charge in [0.25, 0.3) is 5.88 Å². The lowest BCUT2D eigenvalue weighted by atomic mass is 10.9. The summed E-state index contributed by atoms with van der Waals surface area (Å²) in [4.78, 5) is 10.7. The highest BCUT2D eigenvalue weighted by atomic mass is 32.2. The highest BCUT2D eigenvalue weighted by molar-refractivity contribution is 7.94. The molecule has 0 aromatic carbocycles. The molecule has 1 rings (SSSR count). The summed E-state index contributed by atoms with van der Waals surface area (Å²) in [6.07, 6.45) is -0.718. The van der Waals surface area contributed by atoms with Gasteiger partial charge in [0, 0.05) is 0 Å². The first-order valence-electron chi connectivity index (χ1n) is 2.37. The lowest BCUT2D eigenvalue weighted by molar-refractivity contribution is 0.195. The minimum atomic E-state index is -0.718. The molecule has 0 saturated carbocycles. The van der Waals surface area contributed by atoms with Crippen LogP contribution in [0.4, 0.5) is 4.79 Å². The molecule has 0 fully saturated rings. The number of rotatable bonds is 1. The van der Waals surface area contributed by atoms with Crippen molar-refractivity contribution in [1.29, 1.82) is 0 Å². The number of carbonyl (C=O) groups is 1. The normalized spacial score (nSPS) is 9.27. The Kier molecular flexibility index (Phi) is 2.97. The van der Waals surface area contributed by atoms with Crippen LogP contribution in [0.3, 0.4) is 0 Å². The molecule has 5 nitrogen and oxygen atoms in total. The van der Waals surface area contributed by atoms with Gasteiger partial charge in [-0.2, -0.15) is 3.71 Å². The Morgan fingerprint density at radius 2 is 2.45 bits per heavy atom. The van der Waals surface area contributed by atoms with E-state index < -0.39 is 6.09 Å². The fraction of sp³-hybridized carbons (Fsp3) is 0. The van der Waals surface area contributed by atoms with Crippen molar-refractivity contribution in [2.24, 2.45) is 0 Å². The average molecular weight is 209 g/mol. The van der Waals surface area contributed by atoms with Crippen molar-refractivity contribution in [2.75, 3.05) is 0 Å². The number of amides is 1. The number of nitrogens with zero attached hydrogens (tertiary/aromatic N) is 3. The van der Waals surface area contributed by atoms with Gasteiger partial charge in [0.15, 0.2) is 0 Å². The monoisotopic (exact) mass is 209 g/mol. The van der Waals surface area contributed by atoms with Crippen LogP contribution in [-0.2, 0) is 0 Å². The van der Waals surface area contributed by atoms with Crippen LogP contribution in [-0.4, -0.2) is 19.4 Å².